The predicted molar refractivity (Wildman–Crippen MR) is 182 cm³/mol. The van der Waals surface area contributed by atoms with Crippen molar-refractivity contribution in [1.82, 2.24) is 9.80 Å². The number of benzene rings is 4. The Kier molecular flexibility index (Phi) is 10.8. The number of carbonyl (C=O) groups is 2. The highest BCUT2D eigenvalue weighted by Gasteiger charge is 2.54. The van der Waals surface area contributed by atoms with Crippen molar-refractivity contribution in [2.45, 2.75) is 42.2 Å². The summed E-state index contributed by atoms with van der Waals surface area (Å²) in [5, 5.41) is 10.7. The number of ketones is 1. The molecule has 0 spiro atoms. The third kappa shape index (κ3) is 7.88. The van der Waals surface area contributed by atoms with Crippen LogP contribution in [0.1, 0.15) is 24.5 Å². The zero-order valence-corrected chi connectivity index (χ0v) is 27.3. The summed E-state index contributed by atoms with van der Waals surface area (Å²) in [6.45, 7) is 1.99. The Morgan fingerprint density at radius 3 is 2.06 bits per heavy atom. The van der Waals surface area contributed by atoms with Crippen molar-refractivity contribution < 1.29 is 32.6 Å². The van der Waals surface area contributed by atoms with Gasteiger partial charge in [-0.15, -0.1) is 5.92 Å². The monoisotopic (exact) mass is 664 g/mol. The lowest BCUT2D eigenvalue weighted by molar-refractivity contribution is -0.135. The molecule has 1 amide bonds. The van der Waals surface area contributed by atoms with Crippen molar-refractivity contribution in [3.8, 4) is 23.3 Å². The van der Waals surface area contributed by atoms with Crippen LogP contribution in [0.15, 0.2) is 132 Å². The van der Waals surface area contributed by atoms with Crippen molar-refractivity contribution >= 4 is 21.7 Å². The van der Waals surface area contributed by atoms with E-state index in [0.29, 0.717) is 17.9 Å². The molecule has 0 saturated heterocycles. The Labute approximate surface area is 281 Å². The van der Waals surface area contributed by atoms with Crippen molar-refractivity contribution in [3.63, 3.8) is 0 Å². The van der Waals surface area contributed by atoms with Gasteiger partial charge < -0.3 is 19.5 Å². The van der Waals surface area contributed by atoms with Gasteiger partial charge in [0.2, 0.25) is 15.6 Å². The molecule has 2 atom stereocenters. The molecule has 1 aliphatic heterocycles. The largest absolute Gasteiger partial charge is 0.481 e. The zero-order valence-electron chi connectivity index (χ0n) is 26.4. The van der Waals surface area contributed by atoms with Crippen LogP contribution in [0, 0.1) is 11.8 Å². The number of para-hydroxylation sites is 1. The van der Waals surface area contributed by atoms with Crippen molar-refractivity contribution in [2.75, 3.05) is 13.3 Å². The maximum Gasteiger partial charge on any atom is 0.409 e. The van der Waals surface area contributed by atoms with Gasteiger partial charge in [0.1, 0.15) is 23.6 Å². The second-order valence-corrected chi connectivity index (χ2v) is 13.2. The molecule has 0 aliphatic carbocycles. The Balaban J connectivity index is 1.60. The second-order valence-electron chi connectivity index (χ2n) is 11.2. The van der Waals surface area contributed by atoms with E-state index in [1.54, 1.807) is 78.7 Å². The first-order valence-corrected chi connectivity index (χ1v) is 16.9. The number of sulfone groups is 1. The predicted octanol–water partition coefficient (Wildman–Crippen LogP) is 6.18. The van der Waals surface area contributed by atoms with Gasteiger partial charge in [-0.1, -0.05) is 90.9 Å². The van der Waals surface area contributed by atoms with E-state index in [2.05, 4.69) is 11.8 Å². The summed E-state index contributed by atoms with van der Waals surface area (Å²) < 4.78 is 40.5. The summed E-state index contributed by atoms with van der Waals surface area (Å²) in [5.74, 6) is 5.15. The molecule has 0 bridgehead atoms. The molecule has 1 N–H and O–H groups in total. The lowest BCUT2D eigenvalue weighted by Gasteiger charge is -2.42. The summed E-state index contributed by atoms with van der Waals surface area (Å²) in [6, 6.07) is 32.3. The molecule has 9 nitrogen and oxygen atoms in total. The Hall–Kier alpha value is -5.53. The third-order valence-electron chi connectivity index (χ3n) is 7.99. The molecule has 0 fully saturated rings. The van der Waals surface area contributed by atoms with E-state index in [1.165, 1.54) is 24.3 Å². The van der Waals surface area contributed by atoms with Crippen LogP contribution in [0.3, 0.4) is 0 Å². The van der Waals surface area contributed by atoms with Gasteiger partial charge in [0, 0.05) is 13.0 Å². The topological polar surface area (TPSA) is 113 Å². The van der Waals surface area contributed by atoms with E-state index in [-0.39, 0.29) is 36.8 Å². The van der Waals surface area contributed by atoms with E-state index in [9.17, 15) is 18.3 Å². The fraction of sp³-hybridized carbons (Fsp3) is 0.211. The zero-order chi connectivity index (χ0) is 34.0. The number of carbonyl (C=O) groups excluding carboxylic acids is 1. The van der Waals surface area contributed by atoms with E-state index >= 15 is 4.79 Å². The number of amides is 1. The average Bonchev–Trinajstić information content (AvgIpc) is 3.28. The van der Waals surface area contributed by atoms with Crippen LogP contribution in [0.5, 0.6) is 11.5 Å². The molecule has 0 saturated carbocycles. The SMILES string of the molecule is CC#CCOc1ccc(S(=O)(=O)C(Oc2ccccc2)C(=O)C2(Cc3ccccc3)CC=CN(Cc3ccccc3)CN2C(=O)O)cc1. The molecule has 48 heavy (non-hydrogen) atoms. The number of rotatable bonds is 12. The summed E-state index contributed by atoms with van der Waals surface area (Å²) in [5.41, 5.74) is -2.34. The standard InChI is InChI=1S/C38H36N2O7S/c1-2-3-26-46-32-20-22-34(23-21-32)48(44,45)36(47-33-18-11-6-12-19-33)35(41)38(27-30-14-7-4-8-15-30)24-13-25-39(29-40(38)37(42)43)28-31-16-9-5-10-17-31/h4-23,25,36H,24,26-29H2,1H3,(H,42,43). The lowest BCUT2D eigenvalue weighted by atomic mass is 9.82. The lowest BCUT2D eigenvalue weighted by Crippen LogP contribution is -2.63. The highest BCUT2D eigenvalue weighted by atomic mass is 32.2. The molecule has 1 aliphatic rings. The van der Waals surface area contributed by atoms with Crippen LogP contribution in [-0.2, 0) is 27.6 Å². The van der Waals surface area contributed by atoms with Crippen LogP contribution >= 0.6 is 0 Å². The number of hydrogen-bond donors (Lipinski definition) is 1. The number of ether oxygens (including phenoxy) is 2. The summed E-state index contributed by atoms with van der Waals surface area (Å²) in [7, 11) is -4.56. The van der Waals surface area contributed by atoms with E-state index < -0.39 is 32.7 Å². The minimum atomic E-state index is -4.56. The van der Waals surface area contributed by atoms with E-state index in [4.69, 9.17) is 9.47 Å². The molecule has 5 rings (SSSR count). The fourth-order valence-corrected chi connectivity index (χ4v) is 7.10. The molecular formula is C38H36N2O7S. The minimum Gasteiger partial charge on any atom is -0.481 e. The van der Waals surface area contributed by atoms with Crippen molar-refractivity contribution in [1.29, 1.82) is 0 Å². The van der Waals surface area contributed by atoms with E-state index in [0.717, 1.165) is 10.5 Å². The normalized spacial score (nSPS) is 16.6. The van der Waals surface area contributed by atoms with Gasteiger partial charge in [0.15, 0.2) is 0 Å². The maximum absolute atomic E-state index is 15.1. The maximum atomic E-state index is 15.1. The van der Waals surface area contributed by atoms with Crippen molar-refractivity contribution in [2.24, 2.45) is 0 Å². The summed E-state index contributed by atoms with van der Waals surface area (Å²) in [6.07, 6.45) is 1.94. The molecule has 246 valence electrons. The van der Waals surface area contributed by atoms with Gasteiger partial charge in [-0.05, 0) is 67.1 Å². The van der Waals surface area contributed by atoms with Crippen molar-refractivity contribution in [3.05, 3.63) is 139 Å². The van der Waals surface area contributed by atoms with Crippen LogP contribution in [0.2, 0.25) is 0 Å². The van der Waals surface area contributed by atoms with Gasteiger partial charge >= 0.3 is 6.09 Å². The quantitative estimate of drug-likeness (QED) is 0.179. The van der Waals surface area contributed by atoms with Gasteiger partial charge in [0.05, 0.1) is 11.6 Å². The third-order valence-corrected chi connectivity index (χ3v) is 9.79. The molecule has 0 aromatic heterocycles. The minimum absolute atomic E-state index is 0.0854. The Morgan fingerprint density at radius 2 is 1.46 bits per heavy atom. The second kappa shape index (κ2) is 15.4. The number of Topliss-reactive ketones (excluding diaryl/α,β-unsaturated/α-hetero) is 1. The molecule has 4 aromatic rings. The summed E-state index contributed by atoms with van der Waals surface area (Å²) in [4.78, 5) is 30.9. The molecule has 10 heteroatoms. The molecule has 1 heterocycles. The average molecular weight is 665 g/mol. The molecule has 2 unspecified atom stereocenters. The fourth-order valence-electron chi connectivity index (χ4n) is 5.60. The molecule has 0 radical (unpaired) electrons. The van der Waals surface area contributed by atoms with E-state index in [1.807, 2.05) is 36.4 Å². The van der Waals surface area contributed by atoms with Gasteiger partial charge in [-0.25, -0.2) is 13.2 Å². The molecule has 4 aromatic carbocycles. The Bertz CT molecular complexity index is 1890. The number of nitrogens with zero attached hydrogens (tertiary/aromatic N) is 2. The molecular weight excluding hydrogens is 628 g/mol. The highest BCUT2D eigenvalue weighted by molar-refractivity contribution is 7.92. The van der Waals surface area contributed by atoms with Crippen LogP contribution in [0.25, 0.3) is 0 Å². The number of carboxylic acid groups (broad SMARTS) is 1. The first-order chi connectivity index (χ1) is 23.2. The van der Waals surface area contributed by atoms with Gasteiger partial charge in [0.25, 0.3) is 5.44 Å². The van der Waals surface area contributed by atoms with Gasteiger partial charge in [-0.3, -0.25) is 9.69 Å². The van der Waals surface area contributed by atoms with Crippen LogP contribution in [-0.4, -0.2) is 59.5 Å². The summed E-state index contributed by atoms with van der Waals surface area (Å²) >= 11 is 0. The Morgan fingerprint density at radius 1 is 0.854 bits per heavy atom. The first-order valence-electron chi connectivity index (χ1n) is 15.3. The first kappa shape index (κ1) is 33.8. The van der Waals surface area contributed by atoms with Crippen LogP contribution < -0.4 is 9.47 Å². The smallest absolute Gasteiger partial charge is 0.409 e. The highest BCUT2D eigenvalue weighted by Crippen LogP contribution is 2.35. The van der Waals surface area contributed by atoms with Crippen LogP contribution in [0.4, 0.5) is 4.79 Å². The number of hydrogen-bond acceptors (Lipinski definition) is 7. The van der Waals surface area contributed by atoms with Gasteiger partial charge in [-0.2, -0.15) is 0 Å².